The first-order valence-corrected chi connectivity index (χ1v) is 11.4. The first-order chi connectivity index (χ1) is 13.6. The quantitative estimate of drug-likeness (QED) is 0.530. The first-order valence-electron chi connectivity index (χ1n) is 9.11. The Morgan fingerprint density at radius 1 is 1.07 bits per heavy atom. The molecule has 29 heavy (non-hydrogen) atoms. The van der Waals surface area contributed by atoms with E-state index < -0.39 is 20.9 Å². The second-order valence-electron chi connectivity index (χ2n) is 6.90. The van der Waals surface area contributed by atoms with Crippen LogP contribution in [-0.2, 0) is 10.0 Å². The second kappa shape index (κ2) is 8.10. The average molecular weight is 434 g/mol. The minimum atomic E-state index is -3.61. The van der Waals surface area contributed by atoms with E-state index >= 15 is 0 Å². The van der Waals surface area contributed by atoms with Gasteiger partial charge in [-0.2, -0.15) is 0 Å². The normalized spacial score (nSPS) is 13.0. The van der Waals surface area contributed by atoms with Crippen LogP contribution in [0.5, 0.6) is 0 Å². The van der Waals surface area contributed by atoms with Gasteiger partial charge in [0, 0.05) is 29.5 Å². The van der Waals surface area contributed by atoms with Gasteiger partial charge in [-0.1, -0.05) is 13.0 Å². The summed E-state index contributed by atoms with van der Waals surface area (Å²) in [6.45, 7) is 4.01. The predicted molar refractivity (Wildman–Crippen MR) is 118 cm³/mol. The number of hydrogen-bond donors (Lipinski definition) is 2. The summed E-state index contributed by atoms with van der Waals surface area (Å²) in [5.41, 5.74) is -0.389. The lowest BCUT2D eigenvalue weighted by Crippen LogP contribution is -2.37. The summed E-state index contributed by atoms with van der Waals surface area (Å²) in [6, 6.07) is 10.1. The van der Waals surface area contributed by atoms with Gasteiger partial charge in [-0.15, -0.1) is 11.3 Å². The lowest BCUT2D eigenvalue weighted by atomic mass is 10.1. The Bertz CT molecular complexity index is 1200. The van der Waals surface area contributed by atoms with Crippen molar-refractivity contribution in [2.24, 2.45) is 0 Å². The van der Waals surface area contributed by atoms with Crippen LogP contribution in [0.2, 0.25) is 0 Å². The molecule has 1 aromatic heterocycles. The summed E-state index contributed by atoms with van der Waals surface area (Å²) >= 11 is 1.64. The molecule has 1 unspecified atom stereocenters. The summed E-state index contributed by atoms with van der Waals surface area (Å²) in [5, 5.41) is 6.09. The number of sulfonamides is 1. The zero-order valence-corrected chi connectivity index (χ0v) is 18.3. The van der Waals surface area contributed by atoms with Crippen molar-refractivity contribution in [2.75, 3.05) is 24.7 Å². The molecule has 3 aromatic rings. The van der Waals surface area contributed by atoms with Crippen LogP contribution in [0.25, 0.3) is 0 Å². The van der Waals surface area contributed by atoms with Gasteiger partial charge < -0.3 is 10.6 Å². The topological polar surface area (TPSA) is 95.6 Å². The molecule has 1 heterocycles. The molecule has 0 bridgehead atoms. The van der Waals surface area contributed by atoms with Crippen molar-refractivity contribution in [2.45, 2.75) is 31.2 Å². The van der Waals surface area contributed by atoms with Gasteiger partial charge in [-0.25, -0.2) is 12.7 Å². The molecule has 0 spiro atoms. The van der Waals surface area contributed by atoms with Crippen LogP contribution < -0.4 is 21.5 Å². The molecule has 0 aliphatic heterocycles. The highest BCUT2D eigenvalue weighted by Gasteiger charge is 2.25. The molecule has 0 fully saturated rings. The van der Waals surface area contributed by atoms with E-state index in [1.807, 2.05) is 26.0 Å². The number of thiophene rings is 1. The van der Waals surface area contributed by atoms with Crippen LogP contribution >= 0.6 is 11.3 Å². The third kappa shape index (κ3) is 4.12. The summed E-state index contributed by atoms with van der Waals surface area (Å²) in [7, 11) is -0.708. The molecule has 0 saturated carbocycles. The molecule has 7 nitrogen and oxygen atoms in total. The Labute approximate surface area is 173 Å². The van der Waals surface area contributed by atoms with Gasteiger partial charge in [-0.3, -0.25) is 9.59 Å². The van der Waals surface area contributed by atoms with Crippen molar-refractivity contribution >= 4 is 38.4 Å². The van der Waals surface area contributed by atoms with Crippen molar-refractivity contribution in [3.8, 4) is 0 Å². The van der Waals surface area contributed by atoms with Crippen LogP contribution in [0, 0.1) is 6.92 Å². The molecule has 2 aromatic carbocycles. The molecule has 0 aliphatic rings. The summed E-state index contributed by atoms with van der Waals surface area (Å²) < 4.78 is 25.8. The fourth-order valence-corrected chi connectivity index (χ4v) is 4.89. The molecule has 154 valence electrons. The fraction of sp³-hybridized carbons (Fsp3) is 0.300. The standard InChI is InChI=1S/C20H23N3O4S2/c1-5-15(16-10-9-12(2)28-16)22-18-17(19(24)20(18)25)21-13-7-6-8-14(11-13)29(26,27)23(3)4/h6-11,15,21-22H,5H2,1-4H3. The van der Waals surface area contributed by atoms with Gasteiger partial charge in [0.05, 0.1) is 10.9 Å². The SMILES string of the molecule is CCC(Nc1c(Nc2cccc(S(=O)(=O)N(C)C)c2)c(=O)c1=O)c1ccc(C)s1. The number of nitrogens with zero attached hydrogens (tertiary/aromatic N) is 1. The van der Waals surface area contributed by atoms with Crippen molar-refractivity contribution in [1.29, 1.82) is 0 Å². The Balaban J connectivity index is 1.88. The number of nitrogens with one attached hydrogen (secondary N) is 2. The van der Waals surface area contributed by atoms with E-state index in [0.29, 0.717) is 5.69 Å². The number of anilines is 3. The van der Waals surface area contributed by atoms with Gasteiger partial charge in [0.25, 0.3) is 10.9 Å². The van der Waals surface area contributed by atoms with Gasteiger partial charge in [0.2, 0.25) is 10.0 Å². The van der Waals surface area contributed by atoms with E-state index in [-0.39, 0.29) is 22.3 Å². The van der Waals surface area contributed by atoms with Gasteiger partial charge >= 0.3 is 0 Å². The summed E-state index contributed by atoms with van der Waals surface area (Å²) in [5.74, 6) is 0. The largest absolute Gasteiger partial charge is 0.372 e. The molecule has 2 N–H and O–H groups in total. The summed E-state index contributed by atoms with van der Waals surface area (Å²) in [6.07, 6.45) is 0.745. The lowest BCUT2D eigenvalue weighted by molar-refractivity contribution is 0.521. The zero-order chi connectivity index (χ0) is 21.3. The molecule has 9 heteroatoms. The maximum atomic E-state index is 12.3. The molecule has 0 radical (unpaired) electrons. The molecule has 3 rings (SSSR count). The highest BCUT2D eigenvalue weighted by molar-refractivity contribution is 7.89. The fourth-order valence-electron chi connectivity index (χ4n) is 2.93. The molecule has 0 saturated heterocycles. The van der Waals surface area contributed by atoms with Crippen LogP contribution in [0.15, 0.2) is 50.9 Å². The van der Waals surface area contributed by atoms with Crippen LogP contribution in [0.1, 0.15) is 29.1 Å². The Hall–Kier alpha value is -2.49. The minimum absolute atomic E-state index is 0.0852. The number of hydrogen-bond acceptors (Lipinski definition) is 7. The number of rotatable bonds is 8. The smallest absolute Gasteiger partial charge is 0.253 e. The van der Waals surface area contributed by atoms with E-state index in [0.717, 1.165) is 15.6 Å². The molecule has 0 aliphatic carbocycles. The Morgan fingerprint density at radius 2 is 1.76 bits per heavy atom. The van der Waals surface area contributed by atoms with Crippen molar-refractivity contribution in [1.82, 2.24) is 4.31 Å². The minimum Gasteiger partial charge on any atom is -0.372 e. The maximum absolute atomic E-state index is 12.3. The third-order valence-electron chi connectivity index (χ3n) is 4.62. The number of aryl methyl sites for hydroxylation is 1. The zero-order valence-electron chi connectivity index (χ0n) is 16.6. The van der Waals surface area contributed by atoms with Crippen LogP contribution in [0.4, 0.5) is 17.1 Å². The highest BCUT2D eigenvalue weighted by atomic mass is 32.2. The van der Waals surface area contributed by atoms with E-state index in [1.165, 1.54) is 31.1 Å². The van der Waals surface area contributed by atoms with Gasteiger partial charge in [0.1, 0.15) is 11.4 Å². The van der Waals surface area contributed by atoms with E-state index in [1.54, 1.807) is 23.5 Å². The highest BCUT2D eigenvalue weighted by Crippen LogP contribution is 2.31. The van der Waals surface area contributed by atoms with Crippen molar-refractivity contribution in [3.63, 3.8) is 0 Å². The molecular weight excluding hydrogens is 410 g/mol. The Morgan fingerprint density at radius 3 is 2.34 bits per heavy atom. The van der Waals surface area contributed by atoms with Gasteiger partial charge in [0.15, 0.2) is 0 Å². The molecule has 0 amide bonds. The van der Waals surface area contributed by atoms with E-state index in [4.69, 9.17) is 0 Å². The number of benzene rings is 1. The first kappa shape index (κ1) is 21.2. The van der Waals surface area contributed by atoms with Gasteiger partial charge in [-0.05, 0) is 43.7 Å². The summed E-state index contributed by atoms with van der Waals surface area (Å²) in [4.78, 5) is 26.7. The lowest BCUT2D eigenvalue weighted by Gasteiger charge is -2.21. The van der Waals surface area contributed by atoms with E-state index in [9.17, 15) is 18.0 Å². The maximum Gasteiger partial charge on any atom is 0.253 e. The predicted octanol–water partition coefficient (Wildman–Crippen LogP) is 3.21. The second-order valence-corrected chi connectivity index (χ2v) is 10.4. The molecule has 1 atom stereocenters. The van der Waals surface area contributed by atoms with E-state index in [2.05, 4.69) is 10.6 Å². The van der Waals surface area contributed by atoms with Crippen LogP contribution in [-0.4, -0.2) is 26.8 Å². The third-order valence-corrected chi connectivity index (χ3v) is 7.55. The van der Waals surface area contributed by atoms with Crippen molar-refractivity contribution < 1.29 is 8.42 Å². The van der Waals surface area contributed by atoms with Crippen LogP contribution in [0.3, 0.4) is 0 Å². The van der Waals surface area contributed by atoms with Crippen molar-refractivity contribution in [3.05, 3.63) is 66.6 Å². The molecular formula is C20H23N3O4S2. The Kier molecular flexibility index (Phi) is 5.92. The monoisotopic (exact) mass is 433 g/mol. The average Bonchev–Trinajstić information content (AvgIpc) is 3.13.